The summed E-state index contributed by atoms with van der Waals surface area (Å²) < 4.78 is 0. The van der Waals surface area contributed by atoms with Gasteiger partial charge < -0.3 is 5.32 Å². The van der Waals surface area contributed by atoms with Crippen molar-refractivity contribution in [3.8, 4) is 0 Å². The molecule has 80 valence electrons. The Labute approximate surface area is 91.9 Å². The average molecular weight is 223 g/mol. The minimum absolute atomic E-state index is 0.172. The molecule has 5 nitrogen and oxygen atoms in total. The Morgan fingerprint density at radius 2 is 2.47 bits per heavy atom. The van der Waals surface area contributed by atoms with E-state index < -0.39 is 0 Å². The average Bonchev–Trinajstić information content (AvgIpc) is 2.85. The summed E-state index contributed by atoms with van der Waals surface area (Å²) in [4.78, 5) is 4.43. The zero-order chi connectivity index (χ0) is 10.7. The third-order valence-corrected chi connectivity index (χ3v) is 3.04. The van der Waals surface area contributed by atoms with Gasteiger partial charge in [0.1, 0.15) is 0 Å². The van der Waals surface area contributed by atoms with Gasteiger partial charge in [-0.3, -0.25) is 0 Å². The number of aromatic nitrogens is 4. The molecule has 2 heterocycles. The number of likely N-dealkylation sites (N-methyl/N-ethyl adjacent to an activating group) is 1. The molecule has 2 aromatic rings. The van der Waals surface area contributed by atoms with Crippen LogP contribution in [0.4, 0.5) is 0 Å². The third-order valence-electron chi connectivity index (χ3n) is 2.22. The summed E-state index contributed by atoms with van der Waals surface area (Å²) in [7, 11) is 1.92. The van der Waals surface area contributed by atoms with Gasteiger partial charge >= 0.3 is 0 Å². The predicted molar refractivity (Wildman–Crippen MR) is 58.7 cm³/mol. The second-order valence-corrected chi connectivity index (χ2v) is 4.36. The smallest absolute Gasteiger partial charge is 0.0997 e. The van der Waals surface area contributed by atoms with E-state index in [2.05, 4.69) is 31.1 Å². The van der Waals surface area contributed by atoms with Crippen LogP contribution in [0.25, 0.3) is 0 Å². The van der Waals surface area contributed by atoms with E-state index in [0.717, 1.165) is 22.8 Å². The molecule has 0 bridgehead atoms. The number of nitrogens with zero attached hydrogens (tertiary/aromatic N) is 3. The van der Waals surface area contributed by atoms with Gasteiger partial charge in [0, 0.05) is 11.8 Å². The number of aryl methyl sites for hydroxylation is 1. The number of rotatable bonds is 4. The molecule has 0 aliphatic carbocycles. The second-order valence-electron chi connectivity index (χ2n) is 3.30. The second kappa shape index (κ2) is 4.50. The highest BCUT2D eigenvalue weighted by molar-refractivity contribution is 7.09. The summed E-state index contributed by atoms with van der Waals surface area (Å²) in [6.45, 7) is 2.01. The zero-order valence-electron chi connectivity index (χ0n) is 8.69. The van der Waals surface area contributed by atoms with E-state index in [9.17, 15) is 0 Å². The zero-order valence-corrected chi connectivity index (χ0v) is 9.51. The molecule has 0 aliphatic rings. The largest absolute Gasteiger partial charge is 0.311 e. The van der Waals surface area contributed by atoms with Gasteiger partial charge in [0.25, 0.3) is 0 Å². The minimum atomic E-state index is 0.172. The summed E-state index contributed by atoms with van der Waals surface area (Å²) in [6.07, 6.45) is 2.58. The van der Waals surface area contributed by atoms with Crippen LogP contribution >= 0.6 is 11.3 Å². The third kappa shape index (κ3) is 2.40. The fourth-order valence-corrected chi connectivity index (χ4v) is 2.07. The summed E-state index contributed by atoms with van der Waals surface area (Å²) in [5.74, 6) is 0. The van der Waals surface area contributed by atoms with E-state index >= 15 is 0 Å². The van der Waals surface area contributed by atoms with Crippen LogP contribution in [0.3, 0.4) is 0 Å². The Morgan fingerprint density at radius 1 is 1.60 bits per heavy atom. The Morgan fingerprint density at radius 3 is 3.00 bits per heavy atom. The number of hydrogen-bond donors (Lipinski definition) is 2. The maximum absolute atomic E-state index is 4.43. The number of thiazole rings is 1. The molecule has 0 aliphatic heterocycles. The molecule has 2 rings (SSSR count). The van der Waals surface area contributed by atoms with E-state index in [4.69, 9.17) is 0 Å². The molecule has 15 heavy (non-hydrogen) atoms. The van der Waals surface area contributed by atoms with Crippen molar-refractivity contribution in [2.24, 2.45) is 0 Å². The Balaban J connectivity index is 2.09. The molecule has 0 saturated heterocycles. The van der Waals surface area contributed by atoms with Crippen molar-refractivity contribution in [1.82, 2.24) is 25.7 Å². The normalized spacial score (nSPS) is 12.9. The molecule has 0 aromatic carbocycles. The standard InChI is InChI=1S/C9H13N5S/c1-6-12-7(5-15-6)3-8(10-2)9-4-11-14-13-9/h4-5,8,10H,3H2,1-2H3,(H,11,13,14). The van der Waals surface area contributed by atoms with Gasteiger partial charge in [0.2, 0.25) is 0 Å². The SMILES string of the molecule is CNC(Cc1csc(C)n1)c1cn[nH]n1. The van der Waals surface area contributed by atoms with Gasteiger partial charge in [-0.05, 0) is 14.0 Å². The van der Waals surface area contributed by atoms with Crippen LogP contribution in [-0.2, 0) is 6.42 Å². The van der Waals surface area contributed by atoms with E-state index in [1.807, 2.05) is 14.0 Å². The van der Waals surface area contributed by atoms with Gasteiger partial charge in [-0.1, -0.05) is 0 Å². The molecule has 2 N–H and O–H groups in total. The van der Waals surface area contributed by atoms with Crippen molar-refractivity contribution in [1.29, 1.82) is 0 Å². The molecule has 2 aromatic heterocycles. The lowest BCUT2D eigenvalue weighted by Crippen LogP contribution is -2.19. The molecule has 0 saturated carbocycles. The number of hydrogen-bond acceptors (Lipinski definition) is 5. The van der Waals surface area contributed by atoms with Gasteiger partial charge in [0.15, 0.2) is 0 Å². The van der Waals surface area contributed by atoms with Crippen LogP contribution in [-0.4, -0.2) is 27.4 Å². The van der Waals surface area contributed by atoms with Gasteiger partial charge in [0.05, 0.1) is 28.6 Å². The quantitative estimate of drug-likeness (QED) is 0.813. The highest BCUT2D eigenvalue weighted by Gasteiger charge is 2.14. The van der Waals surface area contributed by atoms with Crippen molar-refractivity contribution >= 4 is 11.3 Å². The molecule has 0 radical (unpaired) electrons. The lowest BCUT2D eigenvalue weighted by Gasteiger charge is -2.10. The van der Waals surface area contributed by atoms with E-state index in [1.165, 1.54) is 0 Å². The molecule has 1 atom stereocenters. The van der Waals surface area contributed by atoms with Crippen LogP contribution < -0.4 is 5.32 Å². The van der Waals surface area contributed by atoms with Crippen molar-refractivity contribution in [3.05, 3.63) is 28.0 Å². The van der Waals surface area contributed by atoms with Crippen LogP contribution in [0.15, 0.2) is 11.6 Å². The van der Waals surface area contributed by atoms with Gasteiger partial charge in [-0.15, -0.1) is 11.3 Å². The molecule has 0 amide bonds. The fraction of sp³-hybridized carbons (Fsp3) is 0.444. The Hall–Kier alpha value is -1.27. The molecule has 0 fully saturated rings. The predicted octanol–water partition coefficient (Wildman–Crippen LogP) is 1.07. The van der Waals surface area contributed by atoms with Crippen molar-refractivity contribution in [3.63, 3.8) is 0 Å². The lowest BCUT2D eigenvalue weighted by atomic mass is 10.1. The molecule has 6 heteroatoms. The Bertz CT molecular complexity index is 408. The number of H-pyrrole nitrogens is 1. The summed E-state index contributed by atoms with van der Waals surface area (Å²) >= 11 is 1.67. The van der Waals surface area contributed by atoms with Gasteiger partial charge in [-0.25, -0.2) is 4.98 Å². The maximum Gasteiger partial charge on any atom is 0.0997 e. The lowest BCUT2D eigenvalue weighted by molar-refractivity contribution is 0.568. The number of aromatic amines is 1. The highest BCUT2D eigenvalue weighted by atomic mass is 32.1. The van der Waals surface area contributed by atoms with E-state index in [0.29, 0.717) is 0 Å². The molecular weight excluding hydrogens is 210 g/mol. The maximum atomic E-state index is 4.43. The van der Waals surface area contributed by atoms with Crippen LogP contribution in [0.2, 0.25) is 0 Å². The first kappa shape index (κ1) is 10.3. The first-order chi connectivity index (χ1) is 7.29. The summed E-state index contributed by atoms with van der Waals surface area (Å²) in [5, 5.41) is 16.9. The van der Waals surface area contributed by atoms with Crippen LogP contribution in [0, 0.1) is 6.92 Å². The van der Waals surface area contributed by atoms with Crippen molar-refractivity contribution < 1.29 is 0 Å². The molecule has 0 spiro atoms. The monoisotopic (exact) mass is 223 g/mol. The Kier molecular flexibility index (Phi) is 3.08. The van der Waals surface area contributed by atoms with Crippen molar-refractivity contribution in [2.75, 3.05) is 7.05 Å². The fourth-order valence-electron chi connectivity index (χ4n) is 1.44. The van der Waals surface area contributed by atoms with Gasteiger partial charge in [-0.2, -0.15) is 15.4 Å². The minimum Gasteiger partial charge on any atom is -0.311 e. The molecular formula is C9H13N5S. The highest BCUT2D eigenvalue weighted by Crippen LogP contribution is 2.16. The van der Waals surface area contributed by atoms with Crippen LogP contribution in [0.1, 0.15) is 22.4 Å². The topological polar surface area (TPSA) is 66.5 Å². The summed E-state index contributed by atoms with van der Waals surface area (Å²) in [5.41, 5.74) is 2.02. The van der Waals surface area contributed by atoms with Crippen LogP contribution in [0.5, 0.6) is 0 Å². The van der Waals surface area contributed by atoms with E-state index in [1.54, 1.807) is 17.5 Å². The van der Waals surface area contributed by atoms with E-state index in [-0.39, 0.29) is 6.04 Å². The number of nitrogens with one attached hydrogen (secondary N) is 2. The first-order valence-electron chi connectivity index (χ1n) is 4.73. The molecule has 1 unspecified atom stereocenters. The first-order valence-corrected chi connectivity index (χ1v) is 5.61. The van der Waals surface area contributed by atoms with Crippen molar-refractivity contribution in [2.45, 2.75) is 19.4 Å². The summed E-state index contributed by atoms with van der Waals surface area (Å²) in [6, 6.07) is 0.172.